The molecule has 112 valence electrons. The third kappa shape index (κ3) is 3.93. The molecule has 2 rings (SSSR count). The molecule has 0 aliphatic heterocycles. The van der Waals surface area contributed by atoms with Gasteiger partial charge in [-0.1, -0.05) is 61.5 Å². The van der Waals surface area contributed by atoms with Crippen LogP contribution in [0.25, 0.3) is 0 Å². The number of nitrogens with one attached hydrogen (secondary N) is 1. The second-order valence-electron chi connectivity index (χ2n) is 5.82. The zero-order chi connectivity index (χ0) is 15.2. The fourth-order valence-corrected chi connectivity index (χ4v) is 2.51. The number of aliphatic hydroxyl groups excluding tert-OH is 1. The molecule has 0 saturated carbocycles. The monoisotopic (exact) mass is 283 g/mol. The summed E-state index contributed by atoms with van der Waals surface area (Å²) < 4.78 is 0. The van der Waals surface area contributed by atoms with Crippen LogP contribution in [0.5, 0.6) is 0 Å². The highest BCUT2D eigenvalue weighted by atomic mass is 16.3. The van der Waals surface area contributed by atoms with Crippen LogP contribution in [0.1, 0.15) is 36.6 Å². The van der Waals surface area contributed by atoms with E-state index in [1.165, 1.54) is 16.7 Å². The van der Waals surface area contributed by atoms with E-state index in [4.69, 9.17) is 0 Å². The maximum atomic E-state index is 9.37. The first kappa shape index (κ1) is 15.7. The van der Waals surface area contributed by atoms with Gasteiger partial charge in [0, 0.05) is 12.6 Å². The third-order valence-electron chi connectivity index (χ3n) is 4.20. The summed E-state index contributed by atoms with van der Waals surface area (Å²) in [6, 6.07) is 19.4. The Kier molecular flexibility index (Phi) is 5.54. The minimum Gasteiger partial charge on any atom is -0.396 e. The molecule has 0 heterocycles. The van der Waals surface area contributed by atoms with Gasteiger partial charge in [-0.2, -0.15) is 0 Å². The van der Waals surface area contributed by atoms with Crippen LogP contribution in [0.2, 0.25) is 0 Å². The SMILES string of the molecule is Cc1ccccc1C(NC(C)C(C)CO)c1ccccc1. The normalized spacial score (nSPS) is 15.4. The van der Waals surface area contributed by atoms with Crippen LogP contribution in [0, 0.1) is 12.8 Å². The summed E-state index contributed by atoms with van der Waals surface area (Å²) in [4.78, 5) is 0. The second kappa shape index (κ2) is 7.39. The number of aliphatic hydroxyl groups is 1. The van der Waals surface area contributed by atoms with E-state index in [-0.39, 0.29) is 24.6 Å². The molecule has 3 atom stereocenters. The van der Waals surface area contributed by atoms with Crippen molar-refractivity contribution >= 4 is 0 Å². The summed E-state index contributed by atoms with van der Waals surface area (Å²) in [5, 5.41) is 13.1. The van der Waals surface area contributed by atoms with Crippen LogP contribution in [0.3, 0.4) is 0 Å². The Morgan fingerprint density at radius 2 is 1.57 bits per heavy atom. The lowest BCUT2D eigenvalue weighted by molar-refractivity contribution is 0.203. The summed E-state index contributed by atoms with van der Waals surface area (Å²) in [5.41, 5.74) is 3.83. The van der Waals surface area contributed by atoms with E-state index in [2.05, 4.69) is 74.6 Å². The Labute approximate surface area is 127 Å². The van der Waals surface area contributed by atoms with Gasteiger partial charge >= 0.3 is 0 Å². The van der Waals surface area contributed by atoms with Crippen molar-refractivity contribution < 1.29 is 5.11 Å². The highest BCUT2D eigenvalue weighted by Crippen LogP contribution is 2.26. The standard InChI is InChI=1S/C19H25NO/c1-14-9-7-8-12-18(14)19(17-10-5-4-6-11-17)20-16(3)15(2)13-21/h4-12,15-16,19-21H,13H2,1-3H3. The summed E-state index contributed by atoms with van der Waals surface area (Å²) in [5.74, 6) is 0.222. The van der Waals surface area contributed by atoms with Gasteiger partial charge in [0.15, 0.2) is 0 Å². The van der Waals surface area contributed by atoms with Gasteiger partial charge in [0.2, 0.25) is 0 Å². The van der Waals surface area contributed by atoms with Crippen molar-refractivity contribution in [1.82, 2.24) is 5.32 Å². The molecule has 2 aromatic carbocycles. The van der Waals surface area contributed by atoms with Gasteiger partial charge in [0.25, 0.3) is 0 Å². The minimum atomic E-state index is 0.149. The number of hydrogen-bond donors (Lipinski definition) is 2. The lowest BCUT2D eigenvalue weighted by Crippen LogP contribution is -2.37. The molecular formula is C19H25NO. The van der Waals surface area contributed by atoms with Gasteiger partial charge in [0.05, 0.1) is 6.04 Å². The molecule has 0 aliphatic rings. The number of rotatable bonds is 6. The maximum absolute atomic E-state index is 9.37. The first-order chi connectivity index (χ1) is 10.1. The van der Waals surface area contributed by atoms with Crippen molar-refractivity contribution in [2.24, 2.45) is 5.92 Å². The van der Waals surface area contributed by atoms with Crippen molar-refractivity contribution in [3.63, 3.8) is 0 Å². The van der Waals surface area contributed by atoms with Crippen molar-refractivity contribution in [3.05, 3.63) is 71.3 Å². The first-order valence-corrected chi connectivity index (χ1v) is 7.61. The highest BCUT2D eigenvalue weighted by Gasteiger charge is 2.20. The molecule has 0 aromatic heterocycles. The molecule has 2 aromatic rings. The van der Waals surface area contributed by atoms with E-state index in [1.807, 2.05) is 6.07 Å². The van der Waals surface area contributed by atoms with Crippen LogP contribution in [0.15, 0.2) is 54.6 Å². The lowest BCUT2D eigenvalue weighted by atomic mass is 9.93. The Hall–Kier alpha value is -1.64. The smallest absolute Gasteiger partial charge is 0.0581 e. The quantitative estimate of drug-likeness (QED) is 0.847. The molecule has 0 aliphatic carbocycles. The zero-order valence-electron chi connectivity index (χ0n) is 13.1. The molecule has 0 bridgehead atoms. The van der Waals surface area contributed by atoms with Crippen molar-refractivity contribution in [2.45, 2.75) is 32.9 Å². The van der Waals surface area contributed by atoms with E-state index in [0.29, 0.717) is 0 Å². The molecule has 2 N–H and O–H groups in total. The topological polar surface area (TPSA) is 32.3 Å². The third-order valence-corrected chi connectivity index (χ3v) is 4.20. The molecule has 0 radical (unpaired) electrons. The molecule has 0 saturated heterocycles. The Morgan fingerprint density at radius 3 is 2.19 bits per heavy atom. The molecule has 0 amide bonds. The molecule has 2 nitrogen and oxygen atoms in total. The molecule has 0 spiro atoms. The second-order valence-corrected chi connectivity index (χ2v) is 5.82. The fraction of sp³-hybridized carbons (Fsp3) is 0.368. The molecule has 3 unspecified atom stereocenters. The molecular weight excluding hydrogens is 258 g/mol. The highest BCUT2D eigenvalue weighted by molar-refractivity contribution is 5.36. The molecule has 2 heteroatoms. The zero-order valence-corrected chi connectivity index (χ0v) is 13.1. The molecule has 0 fully saturated rings. The fourth-order valence-electron chi connectivity index (χ4n) is 2.51. The molecule has 21 heavy (non-hydrogen) atoms. The Bertz CT molecular complexity index is 553. The van der Waals surface area contributed by atoms with Crippen molar-refractivity contribution in [1.29, 1.82) is 0 Å². The average molecular weight is 283 g/mol. The summed E-state index contributed by atoms with van der Waals surface area (Å²) in [7, 11) is 0. The van der Waals surface area contributed by atoms with Gasteiger partial charge in [0.1, 0.15) is 0 Å². The van der Waals surface area contributed by atoms with E-state index in [9.17, 15) is 5.11 Å². The summed E-state index contributed by atoms with van der Waals surface area (Å²) in [6.07, 6.45) is 0. The van der Waals surface area contributed by atoms with E-state index in [1.54, 1.807) is 0 Å². The van der Waals surface area contributed by atoms with Crippen LogP contribution in [0.4, 0.5) is 0 Å². The first-order valence-electron chi connectivity index (χ1n) is 7.61. The van der Waals surface area contributed by atoms with E-state index < -0.39 is 0 Å². The van der Waals surface area contributed by atoms with Crippen LogP contribution in [-0.4, -0.2) is 17.8 Å². The van der Waals surface area contributed by atoms with Gasteiger partial charge in [-0.05, 0) is 36.5 Å². The van der Waals surface area contributed by atoms with Crippen molar-refractivity contribution in [2.75, 3.05) is 6.61 Å². The Morgan fingerprint density at radius 1 is 0.952 bits per heavy atom. The van der Waals surface area contributed by atoms with Crippen LogP contribution < -0.4 is 5.32 Å². The number of hydrogen-bond acceptors (Lipinski definition) is 2. The number of benzene rings is 2. The summed E-state index contributed by atoms with van der Waals surface area (Å²) >= 11 is 0. The average Bonchev–Trinajstić information content (AvgIpc) is 2.53. The summed E-state index contributed by atoms with van der Waals surface area (Å²) in [6.45, 7) is 6.54. The minimum absolute atomic E-state index is 0.149. The van der Waals surface area contributed by atoms with Crippen LogP contribution >= 0.6 is 0 Å². The lowest BCUT2D eigenvalue weighted by Gasteiger charge is -2.28. The predicted octanol–water partition coefficient (Wildman–Crippen LogP) is 3.69. The van der Waals surface area contributed by atoms with E-state index >= 15 is 0 Å². The van der Waals surface area contributed by atoms with Crippen molar-refractivity contribution in [3.8, 4) is 0 Å². The van der Waals surface area contributed by atoms with Gasteiger partial charge in [-0.25, -0.2) is 0 Å². The van der Waals surface area contributed by atoms with Gasteiger partial charge in [-0.15, -0.1) is 0 Å². The largest absolute Gasteiger partial charge is 0.396 e. The van der Waals surface area contributed by atoms with Gasteiger partial charge in [-0.3, -0.25) is 0 Å². The van der Waals surface area contributed by atoms with E-state index in [0.717, 1.165) is 0 Å². The van der Waals surface area contributed by atoms with Gasteiger partial charge < -0.3 is 10.4 Å². The number of aryl methyl sites for hydroxylation is 1. The Balaban J connectivity index is 2.34. The maximum Gasteiger partial charge on any atom is 0.0581 e. The van der Waals surface area contributed by atoms with Crippen LogP contribution in [-0.2, 0) is 0 Å². The predicted molar refractivity (Wildman–Crippen MR) is 88.3 cm³/mol.